The van der Waals surface area contributed by atoms with E-state index in [2.05, 4.69) is 15.3 Å². The molecule has 1 aliphatic rings. The van der Waals surface area contributed by atoms with E-state index in [9.17, 15) is 4.79 Å². The third-order valence-electron chi connectivity index (χ3n) is 3.90. The van der Waals surface area contributed by atoms with Gasteiger partial charge in [-0.1, -0.05) is 0 Å². The predicted octanol–water partition coefficient (Wildman–Crippen LogP) is 2.13. The van der Waals surface area contributed by atoms with Gasteiger partial charge in [-0.05, 0) is 38.5 Å². The summed E-state index contributed by atoms with van der Waals surface area (Å²) in [7, 11) is 0. The van der Waals surface area contributed by atoms with Crippen molar-refractivity contribution < 1.29 is 14.3 Å². The number of nitrogens with one attached hydrogen (secondary N) is 1. The fourth-order valence-corrected chi connectivity index (χ4v) is 2.48. The molecule has 1 N–H and O–H groups in total. The average Bonchev–Trinajstić information content (AvgIpc) is 2.56. The predicted molar refractivity (Wildman–Crippen MR) is 86.3 cm³/mol. The van der Waals surface area contributed by atoms with E-state index in [1.54, 1.807) is 12.1 Å². The molecule has 6 nitrogen and oxygen atoms in total. The molecule has 0 spiro atoms. The SMILES string of the molecule is Cc1nc2ccc(C(=O)NCCC3OCCCO3)cc2nc1C. The van der Waals surface area contributed by atoms with E-state index in [0.29, 0.717) is 18.5 Å². The Morgan fingerprint density at radius 3 is 2.61 bits per heavy atom. The zero-order valence-electron chi connectivity index (χ0n) is 13.5. The van der Waals surface area contributed by atoms with Crippen LogP contribution < -0.4 is 5.32 Å². The highest BCUT2D eigenvalue weighted by molar-refractivity contribution is 5.97. The molecule has 0 aliphatic carbocycles. The average molecular weight is 315 g/mol. The molecule has 23 heavy (non-hydrogen) atoms. The first-order valence-corrected chi connectivity index (χ1v) is 7.90. The smallest absolute Gasteiger partial charge is 0.251 e. The van der Waals surface area contributed by atoms with E-state index in [-0.39, 0.29) is 12.2 Å². The van der Waals surface area contributed by atoms with Crippen molar-refractivity contribution in [2.45, 2.75) is 33.0 Å². The fraction of sp³-hybridized carbons (Fsp3) is 0.471. The second-order valence-corrected chi connectivity index (χ2v) is 5.67. The zero-order chi connectivity index (χ0) is 16.2. The minimum Gasteiger partial charge on any atom is -0.353 e. The van der Waals surface area contributed by atoms with Crippen LogP contribution >= 0.6 is 0 Å². The highest BCUT2D eigenvalue weighted by atomic mass is 16.7. The molecule has 2 heterocycles. The lowest BCUT2D eigenvalue weighted by Crippen LogP contribution is -2.31. The number of aryl methyl sites for hydroxylation is 2. The van der Waals surface area contributed by atoms with Crippen molar-refractivity contribution in [3.05, 3.63) is 35.2 Å². The van der Waals surface area contributed by atoms with Crippen molar-refractivity contribution in [3.8, 4) is 0 Å². The Hall–Kier alpha value is -2.05. The van der Waals surface area contributed by atoms with Crippen molar-refractivity contribution in [3.63, 3.8) is 0 Å². The summed E-state index contributed by atoms with van der Waals surface area (Å²) < 4.78 is 10.9. The van der Waals surface area contributed by atoms with Crippen LogP contribution in [0.15, 0.2) is 18.2 Å². The van der Waals surface area contributed by atoms with E-state index < -0.39 is 0 Å². The van der Waals surface area contributed by atoms with Gasteiger partial charge < -0.3 is 14.8 Å². The van der Waals surface area contributed by atoms with Crippen LogP contribution in [0.2, 0.25) is 0 Å². The Kier molecular flexibility index (Phi) is 4.83. The van der Waals surface area contributed by atoms with Gasteiger partial charge >= 0.3 is 0 Å². The summed E-state index contributed by atoms with van der Waals surface area (Å²) in [6.45, 7) is 5.80. The van der Waals surface area contributed by atoms with Gasteiger partial charge in [-0.2, -0.15) is 0 Å². The highest BCUT2D eigenvalue weighted by Crippen LogP contribution is 2.14. The van der Waals surface area contributed by atoms with E-state index in [1.165, 1.54) is 0 Å². The summed E-state index contributed by atoms with van der Waals surface area (Å²) >= 11 is 0. The molecule has 0 atom stereocenters. The molecule has 1 amide bonds. The number of aromatic nitrogens is 2. The second-order valence-electron chi connectivity index (χ2n) is 5.67. The number of amides is 1. The van der Waals surface area contributed by atoms with Crippen LogP contribution in [0.4, 0.5) is 0 Å². The van der Waals surface area contributed by atoms with Gasteiger partial charge in [-0.25, -0.2) is 9.97 Å². The molecule has 0 unspecified atom stereocenters. The van der Waals surface area contributed by atoms with Crippen LogP contribution in [0.1, 0.15) is 34.6 Å². The lowest BCUT2D eigenvalue weighted by molar-refractivity contribution is -0.180. The van der Waals surface area contributed by atoms with Crippen molar-refractivity contribution in [1.29, 1.82) is 0 Å². The first-order valence-electron chi connectivity index (χ1n) is 7.90. The molecule has 1 fully saturated rings. The maximum Gasteiger partial charge on any atom is 0.251 e. The molecule has 1 saturated heterocycles. The van der Waals surface area contributed by atoms with Crippen LogP contribution in [0.25, 0.3) is 11.0 Å². The number of rotatable bonds is 4. The third-order valence-corrected chi connectivity index (χ3v) is 3.90. The number of hydrogen-bond donors (Lipinski definition) is 1. The molecule has 6 heteroatoms. The van der Waals surface area contributed by atoms with E-state index in [1.807, 2.05) is 19.9 Å². The molecule has 0 bridgehead atoms. The lowest BCUT2D eigenvalue weighted by Gasteiger charge is -2.23. The Morgan fingerprint density at radius 2 is 1.87 bits per heavy atom. The van der Waals surface area contributed by atoms with Crippen LogP contribution in [-0.4, -0.2) is 41.9 Å². The van der Waals surface area contributed by atoms with Gasteiger partial charge in [-0.15, -0.1) is 0 Å². The quantitative estimate of drug-likeness (QED) is 0.935. The monoisotopic (exact) mass is 315 g/mol. The van der Waals surface area contributed by atoms with Crippen LogP contribution in [0, 0.1) is 13.8 Å². The molecular weight excluding hydrogens is 294 g/mol. The topological polar surface area (TPSA) is 73.3 Å². The van der Waals surface area contributed by atoms with Gasteiger partial charge in [0.25, 0.3) is 5.91 Å². The Morgan fingerprint density at radius 1 is 1.17 bits per heavy atom. The summed E-state index contributed by atoms with van der Waals surface area (Å²) in [5, 5.41) is 2.89. The number of nitrogens with zero attached hydrogens (tertiary/aromatic N) is 2. The van der Waals surface area contributed by atoms with Crippen molar-refractivity contribution in [2.75, 3.05) is 19.8 Å². The summed E-state index contributed by atoms with van der Waals surface area (Å²) in [5.74, 6) is -0.122. The largest absolute Gasteiger partial charge is 0.353 e. The minimum atomic E-state index is -0.211. The normalized spacial score (nSPS) is 15.7. The summed E-state index contributed by atoms with van der Waals surface area (Å²) in [6, 6.07) is 5.38. The molecule has 0 saturated carbocycles. The first-order chi connectivity index (χ1) is 11.1. The number of hydrogen-bond acceptors (Lipinski definition) is 5. The van der Waals surface area contributed by atoms with Gasteiger partial charge in [0.05, 0.1) is 35.6 Å². The Labute approximate surface area is 135 Å². The minimum absolute atomic E-state index is 0.122. The molecule has 1 aromatic heterocycles. The van der Waals surface area contributed by atoms with Crippen LogP contribution in [0.3, 0.4) is 0 Å². The number of carbonyl (C=O) groups excluding carboxylic acids is 1. The molecular formula is C17H21N3O3. The second kappa shape index (κ2) is 7.02. The standard InChI is InChI=1S/C17H21N3O3/c1-11-12(2)20-15-10-13(4-5-14(15)19-11)17(21)18-7-6-16-22-8-3-9-23-16/h4-5,10,16H,3,6-9H2,1-2H3,(H,18,21). The van der Waals surface area contributed by atoms with Gasteiger partial charge in [-0.3, -0.25) is 4.79 Å². The summed E-state index contributed by atoms with van der Waals surface area (Å²) in [6.07, 6.45) is 1.37. The van der Waals surface area contributed by atoms with Gasteiger partial charge in [0, 0.05) is 18.5 Å². The van der Waals surface area contributed by atoms with Gasteiger partial charge in [0.1, 0.15) is 0 Å². The summed E-state index contributed by atoms with van der Waals surface area (Å²) in [5.41, 5.74) is 3.90. The summed E-state index contributed by atoms with van der Waals surface area (Å²) in [4.78, 5) is 21.2. The molecule has 1 aromatic carbocycles. The number of fused-ring (bicyclic) bond motifs is 1. The van der Waals surface area contributed by atoms with E-state index in [0.717, 1.165) is 42.1 Å². The molecule has 3 rings (SSSR count). The highest BCUT2D eigenvalue weighted by Gasteiger charge is 2.14. The number of ether oxygens (including phenoxy) is 2. The van der Waals surface area contributed by atoms with Gasteiger partial charge in [0.2, 0.25) is 0 Å². The Bertz CT molecular complexity index is 712. The van der Waals surface area contributed by atoms with Gasteiger partial charge in [0.15, 0.2) is 6.29 Å². The van der Waals surface area contributed by atoms with Crippen molar-refractivity contribution >= 4 is 16.9 Å². The molecule has 0 radical (unpaired) electrons. The van der Waals surface area contributed by atoms with E-state index in [4.69, 9.17) is 9.47 Å². The zero-order valence-corrected chi connectivity index (χ0v) is 13.5. The fourth-order valence-electron chi connectivity index (χ4n) is 2.48. The third kappa shape index (κ3) is 3.83. The maximum atomic E-state index is 12.2. The molecule has 2 aromatic rings. The van der Waals surface area contributed by atoms with Crippen LogP contribution in [-0.2, 0) is 9.47 Å². The molecule has 1 aliphatic heterocycles. The van der Waals surface area contributed by atoms with Crippen LogP contribution in [0.5, 0.6) is 0 Å². The lowest BCUT2D eigenvalue weighted by atomic mass is 10.1. The molecule has 122 valence electrons. The Balaban J connectivity index is 1.62. The van der Waals surface area contributed by atoms with Crippen molar-refractivity contribution in [1.82, 2.24) is 15.3 Å². The van der Waals surface area contributed by atoms with Crippen molar-refractivity contribution in [2.24, 2.45) is 0 Å². The maximum absolute atomic E-state index is 12.2. The van der Waals surface area contributed by atoms with E-state index >= 15 is 0 Å². The number of carbonyl (C=O) groups is 1. The number of benzene rings is 1. The first kappa shape index (κ1) is 15.8.